The third-order valence-electron chi connectivity index (χ3n) is 4.49. The van der Waals surface area contributed by atoms with Crippen molar-refractivity contribution in [2.75, 3.05) is 6.61 Å². The van der Waals surface area contributed by atoms with E-state index in [2.05, 4.69) is 6.58 Å². The zero-order chi connectivity index (χ0) is 20.1. The Balaban J connectivity index is 1.90. The van der Waals surface area contributed by atoms with E-state index in [-0.39, 0.29) is 11.3 Å². The van der Waals surface area contributed by atoms with Gasteiger partial charge in [0.1, 0.15) is 11.6 Å². The van der Waals surface area contributed by atoms with Crippen LogP contribution >= 0.6 is 0 Å². The molecule has 0 fully saturated rings. The van der Waals surface area contributed by atoms with Crippen molar-refractivity contribution in [1.82, 2.24) is 0 Å². The molecule has 1 nitrogen and oxygen atoms in total. The Hall–Kier alpha value is -3.01. The molecule has 0 amide bonds. The van der Waals surface area contributed by atoms with Gasteiger partial charge in [-0.25, -0.2) is 13.2 Å². The van der Waals surface area contributed by atoms with Gasteiger partial charge in [0, 0.05) is 11.1 Å². The smallest absolute Gasteiger partial charge is 0.165 e. The lowest BCUT2D eigenvalue weighted by Gasteiger charge is -2.10. The van der Waals surface area contributed by atoms with Gasteiger partial charge in [-0.2, -0.15) is 0 Å². The maximum Gasteiger partial charge on any atom is 0.165 e. The lowest BCUT2D eigenvalue weighted by atomic mass is 9.97. The Morgan fingerprint density at radius 2 is 1.43 bits per heavy atom. The van der Waals surface area contributed by atoms with E-state index in [4.69, 9.17) is 4.74 Å². The third-order valence-corrected chi connectivity index (χ3v) is 4.49. The van der Waals surface area contributed by atoms with Gasteiger partial charge in [0.25, 0.3) is 0 Å². The van der Waals surface area contributed by atoms with Crippen molar-refractivity contribution in [3.8, 4) is 28.0 Å². The van der Waals surface area contributed by atoms with Crippen molar-refractivity contribution in [1.29, 1.82) is 0 Å². The summed E-state index contributed by atoms with van der Waals surface area (Å²) in [5, 5.41) is 0. The molecule has 144 valence electrons. The molecule has 0 unspecified atom stereocenters. The van der Waals surface area contributed by atoms with E-state index in [0.717, 1.165) is 12.0 Å². The van der Waals surface area contributed by atoms with Crippen molar-refractivity contribution in [3.05, 3.63) is 90.3 Å². The average molecular weight is 382 g/mol. The van der Waals surface area contributed by atoms with Crippen LogP contribution < -0.4 is 4.74 Å². The molecule has 0 saturated carbocycles. The second-order valence-electron chi connectivity index (χ2n) is 6.41. The predicted octanol–water partition coefficient (Wildman–Crippen LogP) is 6.96. The van der Waals surface area contributed by atoms with Gasteiger partial charge >= 0.3 is 0 Å². The fraction of sp³-hybridized carbons (Fsp3) is 0.167. The molecule has 0 N–H and O–H groups in total. The van der Waals surface area contributed by atoms with Crippen LogP contribution in [0.15, 0.2) is 67.3 Å². The molecule has 0 aliphatic heterocycles. The van der Waals surface area contributed by atoms with Gasteiger partial charge in [-0.1, -0.05) is 36.4 Å². The molecule has 0 aromatic heterocycles. The molecule has 3 rings (SSSR count). The van der Waals surface area contributed by atoms with E-state index >= 15 is 0 Å². The lowest BCUT2D eigenvalue weighted by Crippen LogP contribution is -1.95. The van der Waals surface area contributed by atoms with Crippen LogP contribution in [0.2, 0.25) is 0 Å². The van der Waals surface area contributed by atoms with Gasteiger partial charge in [0.15, 0.2) is 11.6 Å². The molecule has 0 aliphatic rings. The highest BCUT2D eigenvalue weighted by molar-refractivity contribution is 5.72. The summed E-state index contributed by atoms with van der Waals surface area (Å²) in [5.41, 5.74) is 2.26. The Kier molecular flexibility index (Phi) is 6.19. The molecule has 3 aromatic rings. The largest absolute Gasteiger partial charge is 0.491 e. The maximum atomic E-state index is 14.7. The van der Waals surface area contributed by atoms with Crippen LogP contribution in [-0.4, -0.2) is 6.61 Å². The van der Waals surface area contributed by atoms with Gasteiger partial charge in [-0.05, 0) is 60.7 Å². The number of hydrogen-bond acceptors (Lipinski definition) is 1. The van der Waals surface area contributed by atoms with Crippen LogP contribution in [0.1, 0.15) is 18.9 Å². The molecular formula is C24H21F3O. The third kappa shape index (κ3) is 4.28. The molecule has 0 radical (unpaired) electrons. The molecular weight excluding hydrogens is 361 g/mol. The van der Waals surface area contributed by atoms with E-state index in [1.165, 1.54) is 30.3 Å². The Bertz CT molecular complexity index is 995. The van der Waals surface area contributed by atoms with E-state index < -0.39 is 17.5 Å². The van der Waals surface area contributed by atoms with Gasteiger partial charge in [-0.15, -0.1) is 6.58 Å². The van der Waals surface area contributed by atoms with E-state index in [9.17, 15) is 13.2 Å². The first-order valence-electron chi connectivity index (χ1n) is 9.15. The van der Waals surface area contributed by atoms with Crippen LogP contribution in [0.25, 0.3) is 22.3 Å². The fourth-order valence-electron chi connectivity index (χ4n) is 3.07. The molecule has 0 saturated heterocycles. The van der Waals surface area contributed by atoms with E-state index in [1.54, 1.807) is 31.2 Å². The van der Waals surface area contributed by atoms with E-state index in [1.807, 2.05) is 6.07 Å². The molecule has 0 atom stereocenters. The second kappa shape index (κ2) is 8.79. The summed E-state index contributed by atoms with van der Waals surface area (Å²) in [6.45, 7) is 5.77. The first-order chi connectivity index (χ1) is 13.5. The molecule has 0 aliphatic carbocycles. The van der Waals surface area contributed by atoms with Crippen molar-refractivity contribution >= 4 is 0 Å². The Morgan fingerprint density at radius 3 is 2.00 bits per heavy atom. The summed E-state index contributed by atoms with van der Waals surface area (Å²) in [6, 6.07) is 13.7. The highest BCUT2D eigenvalue weighted by Crippen LogP contribution is 2.31. The minimum absolute atomic E-state index is 0.127. The van der Waals surface area contributed by atoms with Gasteiger partial charge < -0.3 is 4.74 Å². The maximum absolute atomic E-state index is 14.7. The number of rotatable bonds is 7. The monoisotopic (exact) mass is 382 g/mol. The van der Waals surface area contributed by atoms with Crippen LogP contribution in [0.5, 0.6) is 5.75 Å². The predicted molar refractivity (Wildman–Crippen MR) is 107 cm³/mol. The minimum Gasteiger partial charge on any atom is -0.491 e. The first-order valence-corrected chi connectivity index (χ1v) is 9.15. The minimum atomic E-state index is -0.552. The molecule has 0 heterocycles. The van der Waals surface area contributed by atoms with Crippen molar-refractivity contribution in [3.63, 3.8) is 0 Å². The first kappa shape index (κ1) is 19.7. The number of allylic oxidation sites excluding steroid dienone is 1. The van der Waals surface area contributed by atoms with Crippen LogP contribution in [0.3, 0.4) is 0 Å². The SMILES string of the molecule is C=CCCc1ccc(-c2ccc(-c3ccc(OCC)c(F)c3)c(F)c2)c(F)c1. The number of aryl methyl sites for hydroxylation is 1. The second-order valence-corrected chi connectivity index (χ2v) is 6.41. The fourth-order valence-corrected chi connectivity index (χ4v) is 3.07. The van der Waals surface area contributed by atoms with Gasteiger partial charge in [0.05, 0.1) is 6.61 Å². The molecule has 4 heteroatoms. The lowest BCUT2D eigenvalue weighted by molar-refractivity contribution is 0.321. The summed E-state index contributed by atoms with van der Waals surface area (Å²) in [4.78, 5) is 0. The number of hydrogen-bond donors (Lipinski definition) is 0. The Labute approximate surface area is 163 Å². The Morgan fingerprint density at radius 1 is 0.821 bits per heavy atom. The molecule has 28 heavy (non-hydrogen) atoms. The summed E-state index contributed by atoms with van der Waals surface area (Å²) in [7, 11) is 0. The van der Waals surface area contributed by atoms with Gasteiger partial charge in [0.2, 0.25) is 0 Å². The molecule has 3 aromatic carbocycles. The summed E-state index contributed by atoms with van der Waals surface area (Å²) in [6.07, 6.45) is 3.25. The van der Waals surface area contributed by atoms with Gasteiger partial charge in [-0.3, -0.25) is 0 Å². The summed E-state index contributed by atoms with van der Waals surface area (Å²) < 4.78 is 48.4. The standard InChI is InChI=1S/C24H21F3O/c1-3-5-6-16-7-10-19(21(25)13-16)17-8-11-20(22(26)14-17)18-9-12-24(28-4-2)23(27)15-18/h3,7-15H,1,4-6H2,2H3. The zero-order valence-corrected chi connectivity index (χ0v) is 15.6. The van der Waals surface area contributed by atoms with Crippen LogP contribution in [0, 0.1) is 17.5 Å². The summed E-state index contributed by atoms with van der Waals surface area (Å²) >= 11 is 0. The van der Waals surface area contributed by atoms with Crippen molar-refractivity contribution in [2.24, 2.45) is 0 Å². The highest BCUT2D eigenvalue weighted by atomic mass is 19.1. The zero-order valence-electron chi connectivity index (χ0n) is 15.6. The molecule has 0 bridgehead atoms. The normalized spacial score (nSPS) is 10.7. The van der Waals surface area contributed by atoms with Crippen molar-refractivity contribution < 1.29 is 17.9 Å². The highest BCUT2D eigenvalue weighted by Gasteiger charge is 2.13. The topological polar surface area (TPSA) is 9.23 Å². The number of ether oxygens (including phenoxy) is 1. The average Bonchev–Trinajstić information content (AvgIpc) is 2.68. The van der Waals surface area contributed by atoms with Crippen LogP contribution in [-0.2, 0) is 6.42 Å². The summed E-state index contributed by atoms with van der Waals surface area (Å²) in [5.74, 6) is -1.37. The van der Waals surface area contributed by atoms with Crippen molar-refractivity contribution in [2.45, 2.75) is 19.8 Å². The molecule has 0 spiro atoms. The number of halogens is 3. The quantitative estimate of drug-likeness (QED) is 0.402. The number of benzene rings is 3. The van der Waals surface area contributed by atoms with E-state index in [0.29, 0.717) is 29.7 Å². The van der Waals surface area contributed by atoms with Crippen LogP contribution in [0.4, 0.5) is 13.2 Å².